The average Bonchev–Trinajstić information content (AvgIpc) is 2.85. The zero-order valence-corrected chi connectivity index (χ0v) is 20.1. The molecule has 0 saturated carbocycles. The number of carbonyl (C=O) groups is 2. The largest absolute Gasteiger partial charge is 0.351 e. The van der Waals surface area contributed by atoms with E-state index in [2.05, 4.69) is 35.3 Å². The third kappa shape index (κ3) is 5.50. The van der Waals surface area contributed by atoms with E-state index in [1.54, 1.807) is 31.3 Å². The summed E-state index contributed by atoms with van der Waals surface area (Å²) in [5, 5.41) is 2.96. The first-order chi connectivity index (χ1) is 16.3. The third-order valence-corrected chi connectivity index (χ3v) is 7.14. The zero-order chi connectivity index (χ0) is 24.7. The van der Waals surface area contributed by atoms with Gasteiger partial charge in [-0.15, -0.1) is 0 Å². The lowest BCUT2D eigenvalue weighted by atomic mass is 9.63. The average molecular weight is 464 g/mol. The molecule has 1 unspecified atom stereocenters. The Morgan fingerprint density at radius 3 is 2.44 bits per heavy atom. The summed E-state index contributed by atoms with van der Waals surface area (Å²) in [6.45, 7) is 14.0. The number of ketones is 1. The number of aromatic nitrogens is 1. The molecule has 1 saturated heterocycles. The van der Waals surface area contributed by atoms with Crippen molar-refractivity contribution in [2.45, 2.75) is 39.0 Å². The van der Waals surface area contributed by atoms with E-state index in [9.17, 15) is 14.0 Å². The number of benzene rings is 1. The van der Waals surface area contributed by atoms with E-state index in [1.165, 1.54) is 12.1 Å². The van der Waals surface area contributed by atoms with Crippen molar-refractivity contribution in [2.24, 2.45) is 5.41 Å². The van der Waals surface area contributed by atoms with E-state index in [-0.39, 0.29) is 23.4 Å². The molecule has 0 aliphatic carbocycles. The highest BCUT2D eigenvalue weighted by atomic mass is 19.1. The van der Waals surface area contributed by atoms with Gasteiger partial charge in [-0.3, -0.25) is 14.6 Å². The molecule has 0 radical (unpaired) electrons. The molecule has 180 valence electrons. The van der Waals surface area contributed by atoms with Crippen LogP contribution in [0.15, 0.2) is 49.7 Å². The fraction of sp³-hybridized carbons (Fsp3) is 0.393. The van der Waals surface area contributed by atoms with E-state index in [4.69, 9.17) is 0 Å². The second-order valence-electron chi connectivity index (χ2n) is 8.93. The van der Waals surface area contributed by atoms with E-state index >= 15 is 0 Å². The van der Waals surface area contributed by atoms with E-state index < -0.39 is 5.41 Å². The Kier molecular flexibility index (Phi) is 8.51. The number of nitrogens with zero attached hydrogens (tertiary/aromatic N) is 2. The zero-order valence-electron chi connectivity index (χ0n) is 20.1. The number of nitrogens with one attached hydrogen (secondary N) is 1. The second kappa shape index (κ2) is 11.3. The Bertz CT molecular complexity index is 1040. The van der Waals surface area contributed by atoms with Crippen molar-refractivity contribution < 1.29 is 14.0 Å². The van der Waals surface area contributed by atoms with Gasteiger partial charge in [0.2, 0.25) is 0 Å². The Balaban J connectivity index is 1.58. The molecule has 1 aliphatic rings. The molecular weight excluding hydrogens is 429 g/mol. The third-order valence-electron chi connectivity index (χ3n) is 7.14. The van der Waals surface area contributed by atoms with Gasteiger partial charge in [-0.2, -0.15) is 0 Å². The van der Waals surface area contributed by atoms with Crippen LogP contribution in [-0.2, 0) is 4.79 Å². The van der Waals surface area contributed by atoms with Crippen LogP contribution >= 0.6 is 0 Å². The van der Waals surface area contributed by atoms with Gasteiger partial charge in [-0.1, -0.05) is 38.3 Å². The highest BCUT2D eigenvalue weighted by molar-refractivity contribution is 5.94. The molecule has 0 spiro atoms. The van der Waals surface area contributed by atoms with Crippen molar-refractivity contribution in [3.63, 3.8) is 0 Å². The maximum absolute atomic E-state index is 13.4. The number of pyridine rings is 1. The van der Waals surface area contributed by atoms with Crippen LogP contribution in [0, 0.1) is 11.2 Å². The van der Waals surface area contributed by atoms with Crippen LogP contribution in [0.25, 0.3) is 12.2 Å². The Morgan fingerprint density at radius 1 is 1.21 bits per heavy atom. The molecule has 2 heterocycles. The summed E-state index contributed by atoms with van der Waals surface area (Å²) < 4.78 is 13.4. The van der Waals surface area contributed by atoms with Gasteiger partial charge >= 0.3 is 0 Å². The normalized spacial score (nSPS) is 16.4. The van der Waals surface area contributed by atoms with Crippen molar-refractivity contribution in [3.05, 3.63) is 77.9 Å². The number of amides is 1. The smallest absolute Gasteiger partial charge is 0.252 e. The maximum Gasteiger partial charge on any atom is 0.252 e. The molecule has 1 aliphatic heterocycles. The molecule has 3 rings (SSSR count). The monoisotopic (exact) mass is 463 g/mol. The fourth-order valence-electron chi connectivity index (χ4n) is 5.14. The van der Waals surface area contributed by atoms with Crippen molar-refractivity contribution in [3.8, 4) is 0 Å². The molecule has 0 bridgehead atoms. The molecule has 1 fully saturated rings. The van der Waals surface area contributed by atoms with Crippen molar-refractivity contribution in [1.82, 2.24) is 15.2 Å². The van der Waals surface area contributed by atoms with Gasteiger partial charge in [0.05, 0.1) is 11.3 Å². The molecule has 1 amide bonds. The number of carbonyl (C=O) groups excluding carboxylic acids is 2. The number of hydrogen-bond donors (Lipinski definition) is 1. The number of piperidine rings is 1. The summed E-state index contributed by atoms with van der Waals surface area (Å²) in [6, 6.07) is 8.33. The van der Waals surface area contributed by atoms with Gasteiger partial charge in [0.25, 0.3) is 5.91 Å². The van der Waals surface area contributed by atoms with Crippen LogP contribution in [0.2, 0.25) is 0 Å². The lowest BCUT2D eigenvalue weighted by Crippen LogP contribution is -2.48. The predicted octanol–water partition coefficient (Wildman–Crippen LogP) is 5.10. The van der Waals surface area contributed by atoms with Gasteiger partial charge in [0, 0.05) is 30.3 Å². The van der Waals surface area contributed by atoms with E-state index in [0.29, 0.717) is 24.3 Å². The van der Waals surface area contributed by atoms with E-state index in [1.807, 2.05) is 12.1 Å². The maximum atomic E-state index is 13.4. The topological polar surface area (TPSA) is 62.3 Å². The lowest BCUT2D eigenvalue weighted by molar-refractivity contribution is -0.131. The summed E-state index contributed by atoms with van der Waals surface area (Å²) in [4.78, 5) is 32.0. The minimum Gasteiger partial charge on any atom is -0.351 e. The Hall–Kier alpha value is -3.12. The Labute approximate surface area is 201 Å². The van der Waals surface area contributed by atoms with Crippen LogP contribution < -0.4 is 5.32 Å². The molecule has 1 aromatic carbocycles. The van der Waals surface area contributed by atoms with Crippen LogP contribution in [0.1, 0.15) is 66.2 Å². The van der Waals surface area contributed by atoms with E-state index in [0.717, 1.165) is 43.5 Å². The fourth-order valence-corrected chi connectivity index (χ4v) is 5.14. The van der Waals surface area contributed by atoms with Crippen LogP contribution in [0.3, 0.4) is 0 Å². The minimum atomic E-state index is -0.439. The minimum absolute atomic E-state index is 0.0672. The van der Waals surface area contributed by atoms with Crippen molar-refractivity contribution >= 4 is 23.8 Å². The number of rotatable bonds is 10. The number of likely N-dealkylation sites (tertiary alicyclic amines) is 1. The van der Waals surface area contributed by atoms with Gasteiger partial charge in [0.1, 0.15) is 11.6 Å². The first-order valence-corrected chi connectivity index (χ1v) is 11.9. The molecule has 5 nitrogen and oxygen atoms in total. The summed E-state index contributed by atoms with van der Waals surface area (Å²) in [5.41, 5.74) is 2.53. The van der Waals surface area contributed by atoms with Gasteiger partial charge in [0.15, 0.2) is 0 Å². The molecule has 34 heavy (non-hydrogen) atoms. The predicted molar refractivity (Wildman–Crippen MR) is 135 cm³/mol. The Morgan fingerprint density at radius 2 is 1.88 bits per heavy atom. The summed E-state index contributed by atoms with van der Waals surface area (Å²) >= 11 is 0. The number of Topliss-reactive ketones (excluding diaryl/α,β-unsaturated/α-hetero) is 1. The summed E-state index contributed by atoms with van der Waals surface area (Å²) in [5.74, 6) is -0.174. The lowest BCUT2D eigenvalue weighted by Gasteiger charge is -2.45. The van der Waals surface area contributed by atoms with Crippen molar-refractivity contribution in [1.29, 1.82) is 0 Å². The van der Waals surface area contributed by atoms with Gasteiger partial charge < -0.3 is 10.2 Å². The van der Waals surface area contributed by atoms with Crippen molar-refractivity contribution in [2.75, 3.05) is 26.2 Å². The quantitative estimate of drug-likeness (QED) is 0.532. The SMILES string of the molecule is C=Cc1cc(C(=O)NCCN2CCC(C(C)=O)(C(CC)c3ccc(F)cc3)CC2)cnc1C=C. The standard InChI is InChI=1S/C28H34FN3O2/c1-5-21-18-23(19-31-26(21)7-3)27(34)30-14-17-32-15-12-28(13-16-32,20(4)33)25(6-2)22-8-10-24(29)11-9-22/h5,7-11,18-19,25H,1,3,6,12-17H2,2,4H3,(H,30,34). The molecule has 1 aromatic heterocycles. The number of halogens is 1. The van der Waals surface area contributed by atoms with Crippen LogP contribution in [0.5, 0.6) is 0 Å². The highest BCUT2D eigenvalue weighted by Gasteiger charge is 2.45. The summed E-state index contributed by atoms with van der Waals surface area (Å²) in [7, 11) is 0. The molecular formula is C28H34FN3O2. The number of hydrogen-bond acceptors (Lipinski definition) is 4. The highest BCUT2D eigenvalue weighted by Crippen LogP contribution is 2.47. The molecule has 6 heteroatoms. The molecule has 1 atom stereocenters. The van der Waals surface area contributed by atoms with Crippen LogP contribution in [0.4, 0.5) is 4.39 Å². The molecule has 2 aromatic rings. The summed E-state index contributed by atoms with van der Waals surface area (Å²) in [6.07, 6.45) is 7.17. The first-order valence-electron chi connectivity index (χ1n) is 11.9. The van der Waals surface area contributed by atoms with Gasteiger partial charge in [-0.25, -0.2) is 4.39 Å². The molecule has 1 N–H and O–H groups in total. The van der Waals surface area contributed by atoms with Gasteiger partial charge in [-0.05, 0) is 75.0 Å². The second-order valence-corrected chi connectivity index (χ2v) is 8.93. The first kappa shape index (κ1) is 25.5. The van der Waals surface area contributed by atoms with Crippen LogP contribution in [-0.4, -0.2) is 47.8 Å².